The molecule has 4 nitrogen and oxygen atoms in total. The average molecular weight is 411 g/mol. The number of nitrogens with one attached hydrogen (secondary N) is 1. The largest absolute Gasteiger partial charge is 0.444 e. The van der Waals surface area contributed by atoms with Gasteiger partial charge in [-0.15, -0.1) is 0 Å². The van der Waals surface area contributed by atoms with Crippen LogP contribution in [0.5, 0.6) is 0 Å². The fourth-order valence-electron chi connectivity index (χ4n) is 3.11. The van der Waals surface area contributed by atoms with Crippen molar-refractivity contribution in [1.82, 2.24) is 4.90 Å². The van der Waals surface area contributed by atoms with Crippen LogP contribution in [-0.2, 0) is 4.74 Å². The number of amides is 1. The summed E-state index contributed by atoms with van der Waals surface area (Å²) in [5.74, 6) is 0.715. The molecule has 1 aromatic carbocycles. The monoisotopic (exact) mass is 410 g/mol. The number of rotatable bonds is 5. The molecule has 1 aromatic rings. The molecule has 0 atom stereocenters. The predicted octanol–water partition coefficient (Wildman–Crippen LogP) is 5.60. The van der Waals surface area contributed by atoms with Gasteiger partial charge in [0.05, 0.1) is 0 Å². The van der Waals surface area contributed by atoms with E-state index in [9.17, 15) is 4.79 Å². The number of piperidine rings is 1. The van der Waals surface area contributed by atoms with Crippen LogP contribution in [0.25, 0.3) is 0 Å². The van der Waals surface area contributed by atoms with Crippen LogP contribution in [0.15, 0.2) is 22.7 Å². The van der Waals surface area contributed by atoms with E-state index in [-0.39, 0.29) is 6.09 Å². The molecular weight excluding hydrogens is 380 g/mol. The summed E-state index contributed by atoms with van der Waals surface area (Å²) in [5.41, 5.74) is 2.02. The summed E-state index contributed by atoms with van der Waals surface area (Å²) in [6.45, 7) is 10.5. The number of carbonyl (C=O) groups is 1. The quantitative estimate of drug-likeness (QED) is 0.642. The van der Waals surface area contributed by atoms with Crippen molar-refractivity contribution in [3.63, 3.8) is 0 Å². The molecule has 5 heteroatoms. The van der Waals surface area contributed by atoms with Crippen LogP contribution in [0.1, 0.15) is 52.0 Å². The fourth-order valence-corrected chi connectivity index (χ4v) is 3.36. The van der Waals surface area contributed by atoms with Gasteiger partial charge in [0.15, 0.2) is 0 Å². The maximum Gasteiger partial charge on any atom is 0.410 e. The van der Waals surface area contributed by atoms with Crippen molar-refractivity contribution in [2.24, 2.45) is 5.92 Å². The first kappa shape index (κ1) is 20.1. The molecule has 1 aliphatic rings. The Morgan fingerprint density at radius 3 is 2.60 bits per heavy atom. The maximum atomic E-state index is 12.1. The summed E-state index contributed by atoms with van der Waals surface area (Å²) in [4.78, 5) is 13.9. The number of hydrogen-bond donors (Lipinski definition) is 1. The van der Waals surface area contributed by atoms with Gasteiger partial charge in [0.25, 0.3) is 0 Å². The zero-order chi connectivity index (χ0) is 18.4. The third kappa shape index (κ3) is 6.89. The first-order valence-electron chi connectivity index (χ1n) is 9.22. The predicted molar refractivity (Wildman–Crippen MR) is 107 cm³/mol. The molecule has 0 saturated carbocycles. The van der Waals surface area contributed by atoms with Crippen LogP contribution in [0.4, 0.5) is 10.5 Å². The van der Waals surface area contributed by atoms with Crippen molar-refractivity contribution in [3.05, 3.63) is 28.2 Å². The van der Waals surface area contributed by atoms with Crippen LogP contribution in [0, 0.1) is 12.8 Å². The minimum absolute atomic E-state index is 0.168. The molecule has 2 rings (SSSR count). The van der Waals surface area contributed by atoms with Gasteiger partial charge in [-0.05, 0) is 83.1 Å². The molecule has 0 aliphatic carbocycles. The Morgan fingerprint density at radius 1 is 1.32 bits per heavy atom. The molecule has 25 heavy (non-hydrogen) atoms. The highest BCUT2D eigenvalue weighted by Crippen LogP contribution is 2.24. The molecule has 1 amide bonds. The lowest BCUT2D eigenvalue weighted by Gasteiger charge is -2.33. The molecular formula is C20H31BrN2O2. The number of likely N-dealkylation sites (tertiary alicyclic amines) is 1. The fraction of sp³-hybridized carbons (Fsp3) is 0.650. The minimum Gasteiger partial charge on any atom is -0.444 e. The number of anilines is 1. The Labute approximate surface area is 160 Å². The van der Waals surface area contributed by atoms with E-state index in [4.69, 9.17) is 4.74 Å². The van der Waals surface area contributed by atoms with E-state index >= 15 is 0 Å². The number of carbonyl (C=O) groups excluding carboxylic acids is 1. The van der Waals surface area contributed by atoms with Gasteiger partial charge < -0.3 is 15.0 Å². The molecule has 1 saturated heterocycles. The SMILES string of the molecule is Cc1cc(NCCCC2CCN(C(=O)OC(C)(C)C)CC2)ccc1Br. The van der Waals surface area contributed by atoms with Gasteiger partial charge in [-0.2, -0.15) is 0 Å². The lowest BCUT2D eigenvalue weighted by molar-refractivity contribution is 0.0181. The van der Waals surface area contributed by atoms with Crippen molar-refractivity contribution in [2.75, 3.05) is 25.0 Å². The van der Waals surface area contributed by atoms with E-state index in [0.29, 0.717) is 5.92 Å². The van der Waals surface area contributed by atoms with Crippen LogP contribution < -0.4 is 5.32 Å². The summed E-state index contributed by atoms with van der Waals surface area (Å²) in [6, 6.07) is 6.36. The summed E-state index contributed by atoms with van der Waals surface area (Å²) in [7, 11) is 0. The zero-order valence-corrected chi connectivity index (χ0v) is 17.5. The molecule has 140 valence electrons. The molecule has 1 fully saturated rings. The Morgan fingerprint density at radius 2 is 2.00 bits per heavy atom. The average Bonchev–Trinajstić information content (AvgIpc) is 2.54. The molecule has 1 heterocycles. The summed E-state index contributed by atoms with van der Waals surface area (Å²) in [6.07, 6.45) is 4.36. The Bertz CT molecular complexity index is 576. The number of aryl methyl sites for hydroxylation is 1. The Hall–Kier alpha value is -1.23. The van der Waals surface area contributed by atoms with Gasteiger partial charge >= 0.3 is 6.09 Å². The number of ether oxygens (including phenoxy) is 1. The molecule has 1 aliphatic heterocycles. The summed E-state index contributed by atoms with van der Waals surface area (Å²) < 4.78 is 6.60. The first-order valence-corrected chi connectivity index (χ1v) is 10.0. The van der Waals surface area contributed by atoms with Gasteiger partial charge in [0, 0.05) is 29.8 Å². The van der Waals surface area contributed by atoms with E-state index in [0.717, 1.165) is 43.4 Å². The molecule has 0 aromatic heterocycles. The van der Waals surface area contributed by atoms with Crippen molar-refractivity contribution < 1.29 is 9.53 Å². The second-order valence-electron chi connectivity index (χ2n) is 7.94. The van der Waals surface area contributed by atoms with Gasteiger partial charge in [0.2, 0.25) is 0 Å². The number of benzene rings is 1. The third-order valence-corrected chi connectivity index (χ3v) is 5.43. The van der Waals surface area contributed by atoms with Crippen molar-refractivity contribution in [3.8, 4) is 0 Å². The van der Waals surface area contributed by atoms with Gasteiger partial charge in [0.1, 0.15) is 5.60 Å². The highest BCUT2D eigenvalue weighted by Gasteiger charge is 2.26. The van der Waals surface area contributed by atoms with Crippen molar-refractivity contribution >= 4 is 27.7 Å². The smallest absolute Gasteiger partial charge is 0.410 e. The number of halogens is 1. The van der Waals surface area contributed by atoms with Crippen molar-refractivity contribution in [1.29, 1.82) is 0 Å². The first-order chi connectivity index (χ1) is 11.7. The molecule has 0 unspecified atom stereocenters. The molecule has 1 N–H and O–H groups in total. The maximum absolute atomic E-state index is 12.1. The normalized spacial score (nSPS) is 16.0. The Balaban J connectivity index is 1.64. The second kappa shape index (κ2) is 8.93. The lowest BCUT2D eigenvalue weighted by atomic mass is 9.92. The van der Waals surface area contributed by atoms with Crippen LogP contribution in [-0.4, -0.2) is 36.2 Å². The van der Waals surface area contributed by atoms with Crippen LogP contribution in [0.2, 0.25) is 0 Å². The van der Waals surface area contributed by atoms with Crippen molar-refractivity contribution in [2.45, 2.75) is 59.0 Å². The molecule has 0 bridgehead atoms. The van der Waals surface area contributed by atoms with Crippen LogP contribution in [0.3, 0.4) is 0 Å². The van der Waals surface area contributed by atoms with Gasteiger partial charge in [-0.1, -0.05) is 15.9 Å². The standard InChI is InChI=1S/C20H31BrN2O2/c1-15-14-17(7-8-18(15)21)22-11-5-6-16-9-12-23(13-10-16)19(24)25-20(2,3)4/h7-8,14,16,22H,5-6,9-13H2,1-4H3. The number of nitrogens with zero attached hydrogens (tertiary/aromatic N) is 1. The van der Waals surface area contributed by atoms with Gasteiger partial charge in [-0.25, -0.2) is 4.79 Å². The van der Waals surface area contributed by atoms with Crippen LogP contribution >= 0.6 is 15.9 Å². The highest BCUT2D eigenvalue weighted by molar-refractivity contribution is 9.10. The molecule has 0 radical (unpaired) electrons. The third-order valence-electron chi connectivity index (χ3n) is 4.54. The van der Waals surface area contributed by atoms with E-state index < -0.39 is 5.60 Å². The number of hydrogen-bond acceptors (Lipinski definition) is 3. The topological polar surface area (TPSA) is 41.6 Å². The van der Waals surface area contributed by atoms with E-state index in [1.807, 2.05) is 25.7 Å². The second-order valence-corrected chi connectivity index (χ2v) is 8.80. The minimum atomic E-state index is -0.412. The lowest BCUT2D eigenvalue weighted by Crippen LogP contribution is -2.41. The van der Waals surface area contributed by atoms with E-state index in [1.165, 1.54) is 17.7 Å². The molecule has 0 spiro atoms. The summed E-state index contributed by atoms with van der Waals surface area (Å²) in [5, 5.41) is 3.50. The Kier molecular flexibility index (Phi) is 7.17. The van der Waals surface area contributed by atoms with E-state index in [2.05, 4.69) is 46.4 Å². The summed E-state index contributed by atoms with van der Waals surface area (Å²) >= 11 is 3.53. The zero-order valence-electron chi connectivity index (χ0n) is 15.9. The van der Waals surface area contributed by atoms with Gasteiger partial charge in [-0.3, -0.25) is 0 Å². The highest BCUT2D eigenvalue weighted by atomic mass is 79.9. The van der Waals surface area contributed by atoms with E-state index in [1.54, 1.807) is 0 Å².